The van der Waals surface area contributed by atoms with Gasteiger partial charge in [0.05, 0.1) is 0 Å². The zero-order chi connectivity index (χ0) is 39.7. The van der Waals surface area contributed by atoms with Crippen LogP contribution in [0, 0.1) is 27.7 Å². The molecule has 2 heterocycles. The summed E-state index contributed by atoms with van der Waals surface area (Å²) in [5.74, 6) is 2.26. The van der Waals surface area contributed by atoms with E-state index in [0.29, 0.717) is 0 Å². The quantitative estimate of drug-likeness (QED) is 0.135. The van der Waals surface area contributed by atoms with Crippen molar-refractivity contribution < 1.29 is 27.4 Å². The van der Waals surface area contributed by atoms with Gasteiger partial charge in [-0.3, -0.25) is 0 Å². The molecule has 8 aromatic rings. The molecule has 2 aliphatic rings. The topological polar surface area (TPSA) is 26.3 Å². The summed E-state index contributed by atoms with van der Waals surface area (Å²) in [4.78, 5) is 0. The Morgan fingerprint density at radius 2 is 0.931 bits per heavy atom. The Balaban J connectivity index is 1.07. The molecule has 0 amide bonds. The second-order valence-corrected chi connectivity index (χ2v) is 39.7. The third-order valence-electron chi connectivity index (χ3n) is 12.6. The number of allylic oxidation sites excluding steroid dienone is 2. The maximum absolute atomic E-state index is 7.40. The number of hydrogen-bond donors (Lipinski definition) is 0. The molecule has 6 heteroatoms. The van der Waals surface area contributed by atoms with Crippen LogP contribution in [-0.4, -0.2) is 5.92 Å². The number of aryl methyl sites for hydroxylation is 4. The Hall–Kier alpha value is -4.44. The fourth-order valence-corrected chi connectivity index (χ4v) is 24.9. The van der Waals surface area contributed by atoms with Gasteiger partial charge in [-0.15, -0.1) is 0 Å². The second kappa shape index (κ2) is 15.3. The fourth-order valence-electron chi connectivity index (χ4n) is 9.73. The molecular formula is C52H43Cl2O2SiZr. The molecule has 2 atom stereocenters. The third kappa shape index (κ3) is 6.77. The van der Waals surface area contributed by atoms with Gasteiger partial charge < -0.3 is 0 Å². The molecule has 0 radical (unpaired) electrons. The molecule has 0 fully saturated rings. The van der Waals surface area contributed by atoms with Crippen molar-refractivity contribution >= 4 is 67.8 Å². The van der Waals surface area contributed by atoms with Gasteiger partial charge in [0.25, 0.3) is 0 Å². The molecule has 0 bridgehead atoms. The molecule has 2 aromatic heterocycles. The molecule has 0 saturated carbocycles. The van der Waals surface area contributed by atoms with Crippen molar-refractivity contribution in [1.29, 1.82) is 0 Å². The van der Waals surface area contributed by atoms with Crippen molar-refractivity contribution in [3.8, 4) is 22.3 Å². The van der Waals surface area contributed by atoms with Gasteiger partial charge in [0.2, 0.25) is 0 Å². The second-order valence-electron chi connectivity index (χ2n) is 16.2. The van der Waals surface area contributed by atoms with Gasteiger partial charge in [0, 0.05) is 0 Å². The SMILES string of the molecule is Cc1ccc(C2=Cc3c(ccc(C)c3-c3ccc4ccccc4c3)C2C[SiH](CC2C(c3ccc(C)o3)=Cc3c2ccc(C)c3-c2ccc3ccccc3c2)[Zr]([Cl])[Cl])o1. The zero-order valence-electron chi connectivity index (χ0n) is 33.1. The molecule has 0 spiro atoms. The predicted octanol–water partition coefficient (Wildman–Crippen LogP) is 15.4. The monoisotopic (exact) mass is 887 g/mol. The van der Waals surface area contributed by atoms with Crippen LogP contribution in [0.1, 0.15) is 68.3 Å². The molecule has 58 heavy (non-hydrogen) atoms. The minimum atomic E-state index is -2.80. The molecule has 2 nitrogen and oxygen atoms in total. The van der Waals surface area contributed by atoms with Crippen LogP contribution < -0.4 is 0 Å². The summed E-state index contributed by atoms with van der Waals surface area (Å²) in [7, 11) is 14.8. The molecule has 285 valence electrons. The molecule has 2 aliphatic carbocycles. The van der Waals surface area contributed by atoms with Gasteiger partial charge in [-0.1, -0.05) is 0 Å². The Morgan fingerprint density at radius 3 is 1.33 bits per heavy atom. The van der Waals surface area contributed by atoms with Crippen molar-refractivity contribution in [3.63, 3.8) is 0 Å². The van der Waals surface area contributed by atoms with Crippen LogP contribution in [0.4, 0.5) is 0 Å². The predicted molar refractivity (Wildman–Crippen MR) is 245 cm³/mol. The Kier molecular flexibility index (Phi) is 9.97. The van der Waals surface area contributed by atoms with E-state index in [0.717, 1.165) is 35.1 Å². The third-order valence-corrected chi connectivity index (χ3v) is 34.2. The van der Waals surface area contributed by atoms with Crippen LogP contribution in [-0.2, 0) is 18.5 Å². The van der Waals surface area contributed by atoms with E-state index in [1.807, 2.05) is 13.8 Å². The number of furan rings is 2. The first-order valence-electron chi connectivity index (χ1n) is 20.2. The summed E-state index contributed by atoms with van der Waals surface area (Å²) in [5.41, 5.74) is 15.4. The van der Waals surface area contributed by atoms with Crippen LogP contribution in [0.5, 0.6) is 0 Å². The summed E-state index contributed by atoms with van der Waals surface area (Å²) < 4.78 is 12.9. The molecular weight excluding hydrogens is 847 g/mol. The number of benzene rings is 6. The van der Waals surface area contributed by atoms with Crippen molar-refractivity contribution in [2.45, 2.75) is 51.6 Å². The minimum absolute atomic E-state index is 0.149. The van der Waals surface area contributed by atoms with E-state index >= 15 is 0 Å². The van der Waals surface area contributed by atoms with Crippen molar-refractivity contribution in [2.75, 3.05) is 0 Å². The van der Waals surface area contributed by atoms with Crippen molar-refractivity contribution in [2.24, 2.45) is 0 Å². The number of rotatable bonds is 9. The average Bonchev–Trinajstić information content (AvgIpc) is 4.02. The van der Waals surface area contributed by atoms with E-state index in [9.17, 15) is 0 Å². The Labute approximate surface area is 356 Å². The van der Waals surface area contributed by atoms with Crippen LogP contribution in [0.2, 0.25) is 12.1 Å². The standard InChI is InChI=1S/C52H43O2Si.2ClH.Zr/c1-31-13-21-41-45(51(31)39-19-17-35-9-5-7-11-37(35)25-39)27-43(49-23-15-33(3)53-49)47(41)29-55-30-48-42-22-14-32(2)52(40-20-18-36-10-6-8-12-38(36)26-40)46(42)28-44(48)50-24-16-34(4)54-50;;;/h5-28,47-48,55H,29-30H2,1-4H3;2*1H;/q;;;+2/p-2. The molecule has 6 aromatic carbocycles. The van der Waals surface area contributed by atoms with Gasteiger partial charge in [-0.05, 0) is 0 Å². The van der Waals surface area contributed by atoms with Gasteiger partial charge in [-0.2, -0.15) is 0 Å². The first-order valence-corrected chi connectivity index (χ1v) is 33.0. The molecule has 10 rings (SSSR count). The van der Waals surface area contributed by atoms with E-state index in [2.05, 4.69) is 159 Å². The molecule has 0 saturated heterocycles. The van der Waals surface area contributed by atoms with E-state index < -0.39 is 24.4 Å². The van der Waals surface area contributed by atoms with Gasteiger partial charge in [0.15, 0.2) is 0 Å². The van der Waals surface area contributed by atoms with Crippen LogP contribution in [0.15, 0.2) is 142 Å². The van der Waals surface area contributed by atoms with E-state index in [1.165, 1.54) is 88.3 Å². The number of hydrogen-bond acceptors (Lipinski definition) is 2. The van der Waals surface area contributed by atoms with Gasteiger partial charge in [0.1, 0.15) is 0 Å². The summed E-state index contributed by atoms with van der Waals surface area (Å²) in [6, 6.07) is 50.7. The Bertz CT molecular complexity index is 2770. The summed E-state index contributed by atoms with van der Waals surface area (Å²) in [5, 5.41) is 4.99. The van der Waals surface area contributed by atoms with E-state index in [-0.39, 0.29) is 11.8 Å². The summed E-state index contributed by atoms with van der Waals surface area (Å²) in [6.45, 7) is 8.53. The summed E-state index contributed by atoms with van der Waals surface area (Å²) in [6.07, 6.45) is 4.82. The zero-order valence-corrected chi connectivity index (χ0v) is 38.2. The molecule has 2 unspecified atom stereocenters. The van der Waals surface area contributed by atoms with Crippen LogP contribution >= 0.6 is 17.0 Å². The van der Waals surface area contributed by atoms with Crippen molar-refractivity contribution in [3.05, 3.63) is 190 Å². The molecule has 0 aliphatic heterocycles. The fraction of sp³-hybridized carbons (Fsp3) is 0.154. The average molecular weight is 890 g/mol. The summed E-state index contributed by atoms with van der Waals surface area (Å²) >= 11 is -2.80. The van der Waals surface area contributed by atoms with Crippen molar-refractivity contribution in [1.82, 2.24) is 0 Å². The first kappa shape index (κ1) is 37.8. The van der Waals surface area contributed by atoms with E-state index in [1.54, 1.807) is 0 Å². The number of fused-ring (bicyclic) bond motifs is 4. The van der Waals surface area contributed by atoms with Gasteiger partial charge >= 0.3 is 359 Å². The van der Waals surface area contributed by atoms with Gasteiger partial charge in [-0.25, -0.2) is 0 Å². The molecule has 0 N–H and O–H groups in total. The number of halogens is 2. The normalized spacial score (nSPS) is 16.4. The maximum atomic E-state index is 7.40. The first-order chi connectivity index (χ1) is 28.2. The van der Waals surface area contributed by atoms with Crippen LogP contribution in [0.25, 0.3) is 67.1 Å². The van der Waals surface area contributed by atoms with E-state index in [4.69, 9.17) is 25.9 Å². The Morgan fingerprint density at radius 1 is 0.500 bits per heavy atom. The van der Waals surface area contributed by atoms with Crippen LogP contribution in [0.3, 0.4) is 0 Å².